The van der Waals surface area contributed by atoms with Crippen molar-refractivity contribution in [1.82, 2.24) is 15.3 Å². The average molecular weight is 1410 g/mol. The number of nitrogens with one attached hydrogen (secondary N) is 3. The number of fused-ring (bicyclic) bond motifs is 2. The second-order valence-electron chi connectivity index (χ2n) is 22.7. The molecule has 0 radical (unpaired) electrons. The van der Waals surface area contributed by atoms with Gasteiger partial charge in [-0.05, 0) is 189 Å². The summed E-state index contributed by atoms with van der Waals surface area (Å²) in [7, 11) is -4.07. The number of rotatable bonds is 20. The number of aromatic nitrogens is 2. The molecule has 5 N–H and O–H groups in total. The number of hydrogen-bond acceptors (Lipinski definition) is 8. The van der Waals surface area contributed by atoms with Crippen LogP contribution in [-0.2, 0) is 34.9 Å². The predicted octanol–water partition coefficient (Wildman–Crippen LogP) is 16.8. The number of hydrogen-bond donors (Lipinski definition) is 4. The van der Waals surface area contributed by atoms with Crippen LogP contribution in [0, 0.1) is 7.14 Å². The maximum absolute atomic E-state index is 12.4. The van der Waals surface area contributed by atoms with E-state index in [-0.39, 0.29) is 42.3 Å². The van der Waals surface area contributed by atoms with Gasteiger partial charge in [-0.2, -0.15) is 0 Å². The maximum atomic E-state index is 12.4. The molecule has 8 rings (SSSR count). The molecule has 2 heterocycles. The van der Waals surface area contributed by atoms with E-state index in [4.69, 9.17) is 24.1 Å². The fourth-order valence-electron chi connectivity index (χ4n) is 8.16. The summed E-state index contributed by atoms with van der Waals surface area (Å²) in [5.41, 5.74) is 13.4. The molecule has 2 atom stereocenters. The van der Waals surface area contributed by atoms with Crippen molar-refractivity contribution in [2.45, 2.75) is 123 Å². The van der Waals surface area contributed by atoms with E-state index in [1.807, 2.05) is 84.9 Å². The first kappa shape index (κ1) is 66.4. The average Bonchev–Trinajstić information content (AvgIpc) is 3.41. The number of aromatic amines is 2. The van der Waals surface area contributed by atoms with Gasteiger partial charge in [0.2, 0.25) is 11.1 Å². The van der Waals surface area contributed by atoms with Gasteiger partial charge in [0, 0.05) is 43.3 Å². The Morgan fingerprint density at radius 2 is 0.950 bits per heavy atom. The first-order valence-corrected chi connectivity index (χ1v) is 36.0. The van der Waals surface area contributed by atoms with Crippen LogP contribution in [0.15, 0.2) is 167 Å². The summed E-state index contributed by atoms with van der Waals surface area (Å²) in [6.45, 7) is 25.7. The number of alkyl halides is 1. The van der Waals surface area contributed by atoms with Crippen molar-refractivity contribution in [3.8, 4) is 11.5 Å². The van der Waals surface area contributed by atoms with E-state index in [1.165, 1.54) is 18.3 Å². The first-order valence-electron chi connectivity index (χ1n) is 26.9. The van der Waals surface area contributed by atoms with E-state index >= 15 is 0 Å². The van der Waals surface area contributed by atoms with Crippen LogP contribution in [0.3, 0.4) is 0 Å². The Bertz CT molecular complexity index is 3300. The highest BCUT2D eigenvalue weighted by atomic mass is 127. The van der Waals surface area contributed by atoms with E-state index < -0.39 is 16.6 Å². The standard InChI is InChI=1S/C32H39IN2O3Si.C24H30BrNO3Si.C8H10IN.CH4.H2/c1-32(2,3)39(4,5)38-29(21-34-20-19-23-11-13-25(33)14-12-23)26-15-17-28(31-27(26)16-18-30(36)35-31)37-22-24-9-7-6-8-10-24;1-24(2,3)30(4,5)29-21(15-25)18-11-13-20(23-19(18)12-14-22(27)26-23)28-16-17-9-7-6-8-10-17;9-8-3-1-7(2-4-8)5-6-10;;/h6-18,29,34H,19-22H2,1-5H3,(H,35,36);6-14,21H,15-16H2,1-5H3,(H,26,27);1-4H,5-6,10H2;1H4;1H/t29-;21-;;;/m11.../s1. The minimum Gasteiger partial charge on any atom is -0.487 e. The Balaban J connectivity index is 0.000000297. The summed E-state index contributed by atoms with van der Waals surface area (Å²) in [5, 5.41) is 6.40. The molecule has 15 heteroatoms. The second kappa shape index (κ2) is 30.7. The van der Waals surface area contributed by atoms with Gasteiger partial charge < -0.3 is 39.3 Å². The summed E-state index contributed by atoms with van der Waals surface area (Å²) in [4.78, 5) is 30.4. The van der Waals surface area contributed by atoms with Crippen molar-refractivity contribution in [2.24, 2.45) is 5.73 Å². The van der Waals surface area contributed by atoms with Gasteiger partial charge in [0.1, 0.15) is 24.7 Å². The van der Waals surface area contributed by atoms with E-state index in [0.717, 1.165) is 59.0 Å². The van der Waals surface area contributed by atoms with E-state index in [9.17, 15) is 9.59 Å². The van der Waals surface area contributed by atoms with Crippen molar-refractivity contribution in [3.05, 3.63) is 219 Å². The lowest BCUT2D eigenvalue weighted by Crippen LogP contribution is -2.43. The van der Waals surface area contributed by atoms with Crippen LogP contribution in [0.1, 0.15) is 96.0 Å². The Morgan fingerprint density at radius 3 is 1.35 bits per heavy atom. The molecule has 0 aliphatic carbocycles. The van der Waals surface area contributed by atoms with Crippen LogP contribution in [0.4, 0.5) is 0 Å². The number of pyridine rings is 2. The number of ether oxygens (including phenoxy) is 2. The van der Waals surface area contributed by atoms with Crippen molar-refractivity contribution >= 4 is 99.6 Å². The molecule has 8 aromatic rings. The van der Waals surface area contributed by atoms with Crippen molar-refractivity contribution in [3.63, 3.8) is 0 Å². The van der Waals surface area contributed by atoms with Crippen molar-refractivity contribution in [2.75, 3.05) is 25.0 Å². The van der Waals surface area contributed by atoms with Crippen LogP contribution in [0.2, 0.25) is 36.3 Å². The summed E-state index contributed by atoms with van der Waals surface area (Å²) < 4.78 is 28.5. The number of halogens is 3. The molecule has 0 unspecified atom stereocenters. The summed E-state index contributed by atoms with van der Waals surface area (Å²) >= 11 is 8.27. The van der Waals surface area contributed by atoms with Crippen LogP contribution in [0.5, 0.6) is 11.5 Å². The minimum absolute atomic E-state index is 0. The molecule has 0 fully saturated rings. The minimum atomic E-state index is -2.10. The quantitative estimate of drug-likeness (QED) is 0.0256. The lowest BCUT2D eigenvalue weighted by molar-refractivity contribution is 0.182. The molecule has 0 spiro atoms. The van der Waals surface area contributed by atoms with Gasteiger partial charge in [0.15, 0.2) is 16.6 Å². The van der Waals surface area contributed by atoms with E-state index in [1.54, 1.807) is 12.1 Å². The highest BCUT2D eigenvalue weighted by Gasteiger charge is 2.41. The zero-order valence-electron chi connectivity index (χ0n) is 47.5. The van der Waals surface area contributed by atoms with Gasteiger partial charge in [-0.3, -0.25) is 9.59 Å². The third-order valence-electron chi connectivity index (χ3n) is 14.8. The molecule has 80 heavy (non-hydrogen) atoms. The molecule has 10 nitrogen and oxygen atoms in total. The third-order valence-corrected chi connectivity index (χ3v) is 25.8. The summed E-state index contributed by atoms with van der Waals surface area (Å²) in [6, 6.07) is 52.1. The molecule has 0 saturated carbocycles. The lowest BCUT2D eigenvalue weighted by atomic mass is 10.0. The van der Waals surface area contributed by atoms with Gasteiger partial charge in [-0.15, -0.1) is 0 Å². The fraction of sp³-hybridized carbons (Fsp3) is 0.354. The predicted molar refractivity (Wildman–Crippen MR) is 363 cm³/mol. The fourth-order valence-corrected chi connectivity index (χ4v) is 12.2. The number of benzene rings is 6. The molecule has 0 bridgehead atoms. The molecule has 0 aliphatic rings. The maximum Gasteiger partial charge on any atom is 0.248 e. The third kappa shape index (κ3) is 19.3. The molecule has 2 aromatic heterocycles. The van der Waals surface area contributed by atoms with E-state index in [0.29, 0.717) is 47.6 Å². The van der Waals surface area contributed by atoms with E-state index in [2.05, 4.69) is 205 Å². The summed E-state index contributed by atoms with van der Waals surface area (Å²) in [6.07, 6.45) is 1.66. The smallest absolute Gasteiger partial charge is 0.248 e. The monoisotopic (exact) mass is 1410 g/mol. The van der Waals surface area contributed by atoms with Crippen LogP contribution < -0.4 is 31.6 Å². The van der Waals surface area contributed by atoms with Gasteiger partial charge in [0.25, 0.3) is 0 Å². The van der Waals surface area contributed by atoms with Crippen LogP contribution in [-0.4, -0.2) is 51.6 Å². The summed E-state index contributed by atoms with van der Waals surface area (Å²) in [5.74, 6) is 1.32. The Kier molecular flexibility index (Phi) is 25.5. The Hall–Kier alpha value is -4.45. The normalized spacial score (nSPS) is 12.6. The van der Waals surface area contributed by atoms with Gasteiger partial charge in [0.05, 0.1) is 23.2 Å². The van der Waals surface area contributed by atoms with Crippen LogP contribution in [0.25, 0.3) is 21.8 Å². The number of H-pyrrole nitrogens is 2. The molecular weight excluding hydrogens is 1320 g/mol. The lowest BCUT2D eigenvalue weighted by Gasteiger charge is -2.39. The molecule has 0 aliphatic heterocycles. The highest BCUT2D eigenvalue weighted by Crippen LogP contribution is 2.43. The van der Waals surface area contributed by atoms with Crippen molar-refractivity contribution in [1.29, 1.82) is 0 Å². The highest BCUT2D eigenvalue weighted by molar-refractivity contribution is 14.1. The van der Waals surface area contributed by atoms with Gasteiger partial charge in [-0.1, -0.05) is 162 Å². The van der Waals surface area contributed by atoms with Gasteiger partial charge >= 0.3 is 0 Å². The Morgan fingerprint density at radius 1 is 0.550 bits per heavy atom. The van der Waals surface area contributed by atoms with Crippen LogP contribution >= 0.6 is 61.1 Å². The number of nitrogens with two attached hydrogens (primary N) is 1. The second-order valence-corrected chi connectivity index (χ2v) is 35.4. The van der Waals surface area contributed by atoms with Gasteiger partial charge in [-0.25, -0.2) is 0 Å². The largest absolute Gasteiger partial charge is 0.487 e. The SMILES string of the molecule is C.CC(C)(C)[Si](C)(C)O[C@H](CBr)c1ccc(OCc2ccccc2)c2[nH]c(=O)ccc12.CC(C)(C)[Si](C)(C)O[C@H](CNCCc1ccc(I)cc1)c1ccc(OCc2ccccc2)c2[nH]c(=O)ccc12.NCCc1ccc(I)cc1.[HH]. The molecular formula is C65H85BrI2N4O6Si2. The molecule has 0 amide bonds. The molecule has 0 saturated heterocycles. The molecule has 430 valence electrons. The molecule has 6 aromatic carbocycles. The zero-order valence-corrected chi connectivity index (χ0v) is 55.4. The zero-order chi connectivity index (χ0) is 57.4. The first-order chi connectivity index (χ1) is 37.5. The van der Waals surface area contributed by atoms with Crippen molar-refractivity contribution < 1.29 is 19.8 Å². The Labute approximate surface area is 514 Å². The topological polar surface area (TPSA) is 141 Å².